The molecule has 2 saturated heterocycles. The highest BCUT2D eigenvalue weighted by Crippen LogP contribution is 2.27. The highest BCUT2D eigenvalue weighted by molar-refractivity contribution is 5.92. The number of benzene rings is 1. The van der Waals surface area contributed by atoms with E-state index in [4.69, 9.17) is 10.00 Å². The van der Waals surface area contributed by atoms with Gasteiger partial charge in [-0.05, 0) is 24.6 Å². The van der Waals surface area contributed by atoms with Crippen molar-refractivity contribution < 1.29 is 13.9 Å². The third-order valence-electron chi connectivity index (χ3n) is 5.66. The van der Waals surface area contributed by atoms with Gasteiger partial charge in [0.15, 0.2) is 0 Å². The number of carbonyl (C=O) groups excluding carboxylic acids is 1. The largest absolute Gasteiger partial charge is 0.497 e. The van der Waals surface area contributed by atoms with Crippen molar-refractivity contribution in [3.8, 4) is 11.8 Å². The maximum absolute atomic E-state index is 13.6. The maximum atomic E-state index is 13.6. The van der Waals surface area contributed by atoms with Crippen molar-refractivity contribution in [2.75, 3.05) is 38.6 Å². The number of anilines is 1. The predicted octanol–water partition coefficient (Wildman–Crippen LogP) is 2.19. The molecule has 1 amide bonds. The molecule has 0 aliphatic carbocycles. The lowest BCUT2D eigenvalue weighted by Gasteiger charge is -2.23. The summed E-state index contributed by atoms with van der Waals surface area (Å²) in [6.07, 6.45) is 1.69. The van der Waals surface area contributed by atoms with Crippen molar-refractivity contribution in [1.82, 2.24) is 14.8 Å². The highest BCUT2D eigenvalue weighted by Gasteiger charge is 2.36. The van der Waals surface area contributed by atoms with Crippen LogP contribution in [0.15, 0.2) is 30.5 Å². The monoisotopic (exact) mass is 397 g/mol. The van der Waals surface area contributed by atoms with Gasteiger partial charge in [0.25, 0.3) is 0 Å². The third-order valence-corrected chi connectivity index (χ3v) is 5.66. The zero-order chi connectivity index (χ0) is 20.4. The topological polar surface area (TPSA) is 81.5 Å². The minimum atomic E-state index is -1.10. The minimum absolute atomic E-state index is 0.0268. The summed E-state index contributed by atoms with van der Waals surface area (Å²) in [5.74, 6) is 0.597. The number of rotatable bonds is 5. The van der Waals surface area contributed by atoms with Crippen LogP contribution in [0.3, 0.4) is 0 Å². The van der Waals surface area contributed by atoms with Crippen molar-refractivity contribution in [2.24, 2.45) is 0 Å². The number of aromatic nitrogens is 1. The van der Waals surface area contributed by atoms with Crippen LogP contribution >= 0.6 is 0 Å². The van der Waals surface area contributed by atoms with Gasteiger partial charge in [-0.1, -0.05) is 0 Å². The average Bonchev–Trinajstić information content (AvgIpc) is 3.33. The minimum Gasteiger partial charge on any atom is -0.497 e. The Kier molecular flexibility index (Phi) is 5.49. The second-order valence-corrected chi connectivity index (χ2v) is 7.63. The lowest BCUT2D eigenvalue weighted by Crippen LogP contribution is -2.42. The standard InChI is InChI=1S/C21H24FN5O2/c1-29-17-2-3-18-19(4-6-24-20(18)9-17)25-15-5-7-26(12-15)13-21(28)27-11-14(22)8-16(27)10-23/h2-4,6,9,14-16H,5,7-8,11-13H2,1H3,(H,24,25)/t14-,15+,16?/m0/s1. The molecule has 0 bridgehead atoms. The van der Waals surface area contributed by atoms with E-state index >= 15 is 0 Å². The number of pyridine rings is 1. The Balaban J connectivity index is 1.38. The normalized spacial score (nSPS) is 24.6. The summed E-state index contributed by atoms with van der Waals surface area (Å²) in [6.45, 7) is 1.75. The molecule has 1 aromatic heterocycles. The molecule has 4 rings (SSSR count). The Bertz CT molecular complexity index is 946. The number of hydrogen-bond acceptors (Lipinski definition) is 6. The smallest absolute Gasteiger partial charge is 0.237 e. The van der Waals surface area contributed by atoms with Gasteiger partial charge < -0.3 is 15.0 Å². The van der Waals surface area contributed by atoms with E-state index in [0.29, 0.717) is 0 Å². The fraction of sp³-hybridized carbons (Fsp3) is 0.476. The number of nitrogens with one attached hydrogen (secondary N) is 1. The SMILES string of the molecule is COc1ccc2c(N[C@@H]3CCN(CC(=O)N4C[C@@H](F)CC4C#N)C3)ccnc2c1. The number of nitrogens with zero attached hydrogens (tertiary/aromatic N) is 4. The van der Waals surface area contributed by atoms with Gasteiger partial charge in [-0.2, -0.15) is 5.26 Å². The molecule has 1 N–H and O–H groups in total. The van der Waals surface area contributed by atoms with Gasteiger partial charge in [-0.25, -0.2) is 4.39 Å². The molecule has 29 heavy (non-hydrogen) atoms. The summed E-state index contributed by atoms with van der Waals surface area (Å²) >= 11 is 0. The second kappa shape index (κ2) is 8.21. The first-order chi connectivity index (χ1) is 14.1. The van der Waals surface area contributed by atoms with Crippen molar-refractivity contribution in [2.45, 2.75) is 31.1 Å². The zero-order valence-electron chi connectivity index (χ0n) is 16.3. The Morgan fingerprint density at radius 1 is 1.41 bits per heavy atom. The third kappa shape index (κ3) is 4.10. The fourth-order valence-electron chi connectivity index (χ4n) is 4.16. The van der Waals surface area contributed by atoms with Gasteiger partial charge in [-0.15, -0.1) is 0 Å². The maximum Gasteiger partial charge on any atom is 0.237 e. The molecular weight excluding hydrogens is 373 g/mol. The molecule has 2 aliphatic heterocycles. The molecule has 7 nitrogen and oxygen atoms in total. The summed E-state index contributed by atoms with van der Waals surface area (Å²) < 4.78 is 18.8. The van der Waals surface area contributed by atoms with Crippen molar-refractivity contribution >= 4 is 22.5 Å². The quantitative estimate of drug-likeness (QED) is 0.833. The van der Waals surface area contributed by atoms with Gasteiger partial charge in [0.05, 0.1) is 31.8 Å². The predicted molar refractivity (Wildman–Crippen MR) is 107 cm³/mol. The molecule has 0 radical (unpaired) electrons. The second-order valence-electron chi connectivity index (χ2n) is 7.63. The summed E-state index contributed by atoms with van der Waals surface area (Å²) in [6, 6.07) is 9.35. The average molecular weight is 397 g/mol. The van der Waals surface area contributed by atoms with Crippen LogP contribution < -0.4 is 10.1 Å². The molecule has 3 heterocycles. The number of ether oxygens (including phenoxy) is 1. The number of likely N-dealkylation sites (tertiary alicyclic amines) is 2. The molecule has 8 heteroatoms. The van der Waals surface area contributed by atoms with Crippen LogP contribution in [0, 0.1) is 11.3 Å². The first-order valence-corrected chi connectivity index (χ1v) is 9.82. The van der Waals surface area contributed by atoms with E-state index in [1.54, 1.807) is 13.3 Å². The van der Waals surface area contributed by atoms with Gasteiger partial charge in [0, 0.05) is 48.9 Å². The van der Waals surface area contributed by atoms with Crippen LogP contribution in [0.1, 0.15) is 12.8 Å². The van der Waals surface area contributed by atoms with Crippen molar-refractivity contribution in [3.05, 3.63) is 30.5 Å². The highest BCUT2D eigenvalue weighted by atomic mass is 19.1. The van der Waals surface area contributed by atoms with Crippen LogP contribution in [0.25, 0.3) is 10.9 Å². The van der Waals surface area contributed by atoms with E-state index < -0.39 is 12.2 Å². The van der Waals surface area contributed by atoms with E-state index in [0.717, 1.165) is 41.9 Å². The van der Waals surface area contributed by atoms with Crippen LogP contribution in [0.2, 0.25) is 0 Å². The van der Waals surface area contributed by atoms with Gasteiger partial charge in [0.1, 0.15) is 18.0 Å². The first kappa shape index (κ1) is 19.4. The van der Waals surface area contributed by atoms with E-state index in [1.165, 1.54) is 4.90 Å². The zero-order valence-corrected chi connectivity index (χ0v) is 16.3. The summed E-state index contributed by atoms with van der Waals surface area (Å²) in [4.78, 5) is 20.4. The Morgan fingerprint density at radius 2 is 2.28 bits per heavy atom. The number of carbonyl (C=O) groups is 1. The van der Waals surface area contributed by atoms with Gasteiger partial charge in [-0.3, -0.25) is 14.7 Å². The summed E-state index contributed by atoms with van der Waals surface area (Å²) in [5.41, 5.74) is 1.86. The first-order valence-electron chi connectivity index (χ1n) is 9.82. The molecule has 2 aromatic rings. The van der Waals surface area contributed by atoms with E-state index in [2.05, 4.69) is 15.2 Å². The van der Waals surface area contributed by atoms with E-state index in [-0.39, 0.29) is 31.5 Å². The molecule has 152 valence electrons. The van der Waals surface area contributed by atoms with E-state index in [1.807, 2.05) is 30.3 Å². The Labute approximate surface area is 169 Å². The lowest BCUT2D eigenvalue weighted by molar-refractivity contribution is -0.132. The fourth-order valence-corrected chi connectivity index (χ4v) is 4.16. The Morgan fingerprint density at radius 3 is 3.07 bits per heavy atom. The van der Waals surface area contributed by atoms with Crippen LogP contribution in [-0.4, -0.2) is 72.2 Å². The summed E-state index contributed by atoms with van der Waals surface area (Å²) in [7, 11) is 1.63. The van der Waals surface area contributed by atoms with Gasteiger partial charge >= 0.3 is 0 Å². The van der Waals surface area contributed by atoms with Crippen molar-refractivity contribution in [1.29, 1.82) is 5.26 Å². The number of methoxy groups -OCH3 is 1. The molecule has 3 atom stereocenters. The van der Waals surface area contributed by atoms with Crippen LogP contribution in [0.4, 0.5) is 10.1 Å². The molecule has 1 aromatic carbocycles. The number of fused-ring (bicyclic) bond motifs is 1. The number of hydrogen-bond donors (Lipinski definition) is 1. The molecular formula is C21H24FN5O2. The van der Waals surface area contributed by atoms with Gasteiger partial charge in [0.2, 0.25) is 5.91 Å². The molecule has 0 spiro atoms. The van der Waals surface area contributed by atoms with E-state index in [9.17, 15) is 9.18 Å². The number of alkyl halides is 1. The lowest BCUT2D eigenvalue weighted by atomic mass is 10.1. The molecule has 1 unspecified atom stereocenters. The molecule has 2 aliphatic rings. The number of amides is 1. The van der Waals surface area contributed by atoms with Crippen LogP contribution in [-0.2, 0) is 4.79 Å². The molecule has 0 saturated carbocycles. The number of halogens is 1. The molecule has 2 fully saturated rings. The number of nitriles is 1. The van der Waals surface area contributed by atoms with Crippen molar-refractivity contribution in [3.63, 3.8) is 0 Å². The summed E-state index contributed by atoms with van der Waals surface area (Å²) in [5, 5.41) is 13.7. The Hall–Kier alpha value is -2.92. The van der Waals surface area contributed by atoms with Crippen LogP contribution in [0.5, 0.6) is 5.75 Å².